The van der Waals surface area contributed by atoms with E-state index in [1.54, 1.807) is 7.11 Å². The van der Waals surface area contributed by atoms with E-state index >= 15 is 0 Å². The van der Waals surface area contributed by atoms with Crippen molar-refractivity contribution in [1.82, 2.24) is 4.90 Å². The number of hydrogen-bond donors (Lipinski definition) is 1. The van der Waals surface area contributed by atoms with Crippen molar-refractivity contribution in [2.45, 2.75) is 45.1 Å². The molecule has 2 fully saturated rings. The minimum absolute atomic E-state index is 0.117. The molecule has 2 saturated carbocycles. The largest absolute Gasteiger partial charge is 0.481 e. The molecule has 2 aliphatic rings. The molecule has 1 N–H and O–H groups in total. The number of nitrogens with zero attached hydrogens (tertiary/aromatic N) is 1. The van der Waals surface area contributed by atoms with Gasteiger partial charge in [-0.15, -0.1) is 0 Å². The number of ether oxygens (including phenoxy) is 1. The molecule has 2 aliphatic carbocycles. The molecule has 0 heterocycles. The number of carbonyl (C=O) groups is 2. The van der Waals surface area contributed by atoms with Crippen LogP contribution < -0.4 is 0 Å². The molecule has 5 nitrogen and oxygen atoms in total. The van der Waals surface area contributed by atoms with E-state index in [-0.39, 0.29) is 23.8 Å². The van der Waals surface area contributed by atoms with Gasteiger partial charge in [-0.25, -0.2) is 0 Å². The molecule has 0 radical (unpaired) electrons. The van der Waals surface area contributed by atoms with Crippen LogP contribution in [0.3, 0.4) is 0 Å². The minimum atomic E-state index is -0.765. The molecular weight excluding hydrogens is 258 g/mol. The van der Waals surface area contributed by atoms with Crippen molar-refractivity contribution in [2.75, 3.05) is 20.3 Å². The Balaban J connectivity index is 1.96. The number of methoxy groups -OCH3 is 1. The Hall–Kier alpha value is -1.10. The number of carboxylic acids is 1. The third kappa shape index (κ3) is 3.51. The van der Waals surface area contributed by atoms with Crippen LogP contribution in [0.15, 0.2) is 0 Å². The number of carboxylic acid groups (broad SMARTS) is 1. The topological polar surface area (TPSA) is 66.8 Å². The number of amides is 1. The van der Waals surface area contributed by atoms with E-state index < -0.39 is 5.97 Å². The fourth-order valence-corrected chi connectivity index (χ4v) is 3.20. The van der Waals surface area contributed by atoms with Gasteiger partial charge in [-0.05, 0) is 44.9 Å². The van der Waals surface area contributed by atoms with Gasteiger partial charge in [0.2, 0.25) is 5.91 Å². The molecule has 0 aromatic heterocycles. The van der Waals surface area contributed by atoms with Crippen molar-refractivity contribution in [3.8, 4) is 0 Å². The normalized spacial score (nSPS) is 27.3. The molecule has 114 valence electrons. The molecule has 3 atom stereocenters. The molecule has 5 heteroatoms. The SMILES string of the molecule is COCCN(C(=O)[C@@H]1CC[C@H](C(=O)O)C1)C(C)C1CC1. The van der Waals surface area contributed by atoms with Crippen molar-refractivity contribution < 1.29 is 19.4 Å². The Labute approximate surface area is 120 Å². The minimum Gasteiger partial charge on any atom is -0.481 e. The maximum Gasteiger partial charge on any atom is 0.306 e. The van der Waals surface area contributed by atoms with Crippen LogP contribution in [-0.2, 0) is 14.3 Å². The van der Waals surface area contributed by atoms with Crippen LogP contribution in [0, 0.1) is 17.8 Å². The summed E-state index contributed by atoms with van der Waals surface area (Å²) >= 11 is 0. The third-order valence-corrected chi connectivity index (χ3v) is 4.75. The quantitative estimate of drug-likeness (QED) is 0.773. The average molecular weight is 283 g/mol. The fourth-order valence-electron chi connectivity index (χ4n) is 3.20. The van der Waals surface area contributed by atoms with Crippen molar-refractivity contribution in [1.29, 1.82) is 0 Å². The zero-order chi connectivity index (χ0) is 14.7. The molecule has 1 unspecified atom stereocenters. The van der Waals surface area contributed by atoms with Crippen LogP contribution in [-0.4, -0.2) is 48.2 Å². The zero-order valence-corrected chi connectivity index (χ0v) is 12.4. The monoisotopic (exact) mass is 283 g/mol. The Morgan fingerprint density at radius 3 is 2.40 bits per heavy atom. The average Bonchev–Trinajstić information content (AvgIpc) is 3.15. The summed E-state index contributed by atoms with van der Waals surface area (Å²) in [6.45, 7) is 3.26. The van der Waals surface area contributed by atoms with Crippen molar-refractivity contribution in [3.63, 3.8) is 0 Å². The third-order valence-electron chi connectivity index (χ3n) is 4.75. The molecule has 0 bridgehead atoms. The van der Waals surface area contributed by atoms with Gasteiger partial charge < -0.3 is 14.7 Å². The molecule has 1 amide bonds. The Morgan fingerprint density at radius 2 is 1.90 bits per heavy atom. The van der Waals surface area contributed by atoms with Gasteiger partial charge in [-0.3, -0.25) is 9.59 Å². The van der Waals surface area contributed by atoms with Crippen molar-refractivity contribution in [3.05, 3.63) is 0 Å². The van der Waals surface area contributed by atoms with E-state index in [4.69, 9.17) is 9.84 Å². The highest BCUT2D eigenvalue weighted by atomic mass is 16.5. The summed E-state index contributed by atoms with van der Waals surface area (Å²) in [6.07, 6.45) is 4.22. The molecular formula is C15H25NO4. The highest BCUT2D eigenvalue weighted by Crippen LogP contribution is 2.38. The lowest BCUT2D eigenvalue weighted by Crippen LogP contribution is -2.44. The van der Waals surface area contributed by atoms with Gasteiger partial charge in [0.1, 0.15) is 0 Å². The van der Waals surface area contributed by atoms with Crippen LogP contribution >= 0.6 is 0 Å². The lowest BCUT2D eigenvalue weighted by Gasteiger charge is -2.31. The predicted octanol–water partition coefficient (Wildman–Crippen LogP) is 1.76. The first-order valence-electron chi connectivity index (χ1n) is 7.56. The maximum atomic E-state index is 12.7. The van der Waals surface area contributed by atoms with E-state index in [2.05, 4.69) is 6.92 Å². The van der Waals surface area contributed by atoms with Crippen LogP contribution in [0.1, 0.15) is 39.0 Å². The van der Waals surface area contributed by atoms with Gasteiger partial charge in [-0.2, -0.15) is 0 Å². The van der Waals surface area contributed by atoms with E-state index in [1.165, 1.54) is 12.8 Å². The van der Waals surface area contributed by atoms with Crippen molar-refractivity contribution in [2.24, 2.45) is 17.8 Å². The second kappa shape index (κ2) is 6.57. The number of aliphatic carboxylic acids is 1. The lowest BCUT2D eigenvalue weighted by atomic mass is 10.0. The molecule has 2 rings (SSSR count). The second-order valence-corrected chi connectivity index (χ2v) is 6.15. The summed E-state index contributed by atoms with van der Waals surface area (Å²) in [4.78, 5) is 25.6. The van der Waals surface area contributed by atoms with Crippen LogP contribution in [0.25, 0.3) is 0 Å². The van der Waals surface area contributed by atoms with Gasteiger partial charge in [0.15, 0.2) is 0 Å². The van der Waals surface area contributed by atoms with E-state index in [9.17, 15) is 9.59 Å². The summed E-state index contributed by atoms with van der Waals surface area (Å²) < 4.78 is 5.11. The number of carbonyl (C=O) groups excluding carboxylic acids is 1. The smallest absolute Gasteiger partial charge is 0.306 e. The molecule has 0 saturated heterocycles. The molecule has 0 aromatic carbocycles. The van der Waals surface area contributed by atoms with E-state index in [1.807, 2.05) is 4.90 Å². The maximum absolute atomic E-state index is 12.7. The molecule has 0 aliphatic heterocycles. The lowest BCUT2D eigenvalue weighted by molar-refractivity contribution is -0.142. The summed E-state index contributed by atoms with van der Waals surface area (Å²) in [5.74, 6) is -0.477. The summed E-state index contributed by atoms with van der Waals surface area (Å²) in [7, 11) is 1.64. The summed E-state index contributed by atoms with van der Waals surface area (Å²) in [5, 5.41) is 9.06. The van der Waals surface area contributed by atoms with Crippen LogP contribution in [0.4, 0.5) is 0 Å². The Morgan fingerprint density at radius 1 is 1.25 bits per heavy atom. The Bertz CT molecular complexity index is 367. The summed E-state index contributed by atoms with van der Waals surface area (Å²) in [5.41, 5.74) is 0. The van der Waals surface area contributed by atoms with Crippen LogP contribution in [0.2, 0.25) is 0 Å². The highest BCUT2D eigenvalue weighted by Gasteiger charge is 2.40. The van der Waals surface area contributed by atoms with Gasteiger partial charge in [0.25, 0.3) is 0 Å². The number of hydrogen-bond acceptors (Lipinski definition) is 3. The van der Waals surface area contributed by atoms with Crippen LogP contribution in [0.5, 0.6) is 0 Å². The summed E-state index contributed by atoms with van der Waals surface area (Å²) in [6, 6.07) is 0.251. The zero-order valence-electron chi connectivity index (χ0n) is 12.4. The van der Waals surface area contributed by atoms with Crippen molar-refractivity contribution >= 4 is 11.9 Å². The second-order valence-electron chi connectivity index (χ2n) is 6.15. The Kier molecular flexibility index (Phi) is 5.02. The molecule has 0 spiro atoms. The number of rotatable bonds is 7. The fraction of sp³-hybridized carbons (Fsp3) is 0.867. The molecule has 0 aromatic rings. The first kappa shape index (κ1) is 15.3. The standard InChI is InChI=1S/C15H25NO4/c1-10(11-3-4-11)16(7-8-20-2)14(17)12-5-6-13(9-12)15(18)19/h10-13H,3-9H2,1-2H3,(H,18,19)/t10?,12-,13+/m1/s1. The molecule has 20 heavy (non-hydrogen) atoms. The first-order chi connectivity index (χ1) is 9.54. The highest BCUT2D eigenvalue weighted by molar-refractivity contribution is 5.81. The van der Waals surface area contributed by atoms with Gasteiger partial charge in [-0.1, -0.05) is 0 Å². The van der Waals surface area contributed by atoms with Gasteiger partial charge in [0.05, 0.1) is 12.5 Å². The van der Waals surface area contributed by atoms with Gasteiger partial charge >= 0.3 is 5.97 Å². The van der Waals surface area contributed by atoms with Gasteiger partial charge in [0, 0.05) is 25.6 Å². The predicted molar refractivity (Wildman–Crippen MR) is 74.2 cm³/mol. The van der Waals surface area contributed by atoms with E-state index in [0.717, 1.165) is 0 Å². The first-order valence-corrected chi connectivity index (χ1v) is 7.56. The van der Waals surface area contributed by atoms with E-state index in [0.29, 0.717) is 38.3 Å².